The van der Waals surface area contributed by atoms with Crippen LogP contribution < -0.4 is 0 Å². The van der Waals surface area contributed by atoms with Crippen molar-refractivity contribution in [1.82, 2.24) is 9.97 Å². The Kier molecular flexibility index (Phi) is 3.52. The molecule has 0 spiro atoms. The van der Waals surface area contributed by atoms with Crippen LogP contribution in [0.1, 0.15) is 30.1 Å². The number of H-pyrrole nitrogens is 1. The summed E-state index contributed by atoms with van der Waals surface area (Å²) in [5.41, 5.74) is 2.21. The summed E-state index contributed by atoms with van der Waals surface area (Å²) in [5.74, 6) is -0.231. The molecule has 0 aromatic carbocycles. The van der Waals surface area contributed by atoms with Crippen LogP contribution in [0.25, 0.3) is 0 Å². The van der Waals surface area contributed by atoms with E-state index in [-0.39, 0.29) is 18.8 Å². The van der Waals surface area contributed by atoms with Crippen LogP contribution in [0.2, 0.25) is 0 Å². The van der Waals surface area contributed by atoms with Crippen LogP contribution >= 0.6 is 12.4 Å². The van der Waals surface area contributed by atoms with Crippen LogP contribution in [0.4, 0.5) is 0 Å². The minimum atomic E-state index is -0.828. The summed E-state index contributed by atoms with van der Waals surface area (Å²) in [6.45, 7) is 0. The number of imidazole rings is 1. The largest absolute Gasteiger partial charge is 0.481 e. The minimum absolute atomic E-state index is 0. The number of aromatic amines is 1. The molecule has 2 N–H and O–H groups in total. The number of carbonyl (C=O) groups is 1. The summed E-state index contributed by atoms with van der Waals surface area (Å²) in [7, 11) is 0. The molecule has 0 atom stereocenters. The van der Waals surface area contributed by atoms with Crippen molar-refractivity contribution < 1.29 is 9.90 Å². The van der Waals surface area contributed by atoms with Gasteiger partial charge in [-0.3, -0.25) is 4.79 Å². The van der Waals surface area contributed by atoms with Crippen molar-refractivity contribution in [2.24, 2.45) is 0 Å². The smallest absolute Gasteiger partial charge is 0.311 e. The zero-order valence-corrected chi connectivity index (χ0v) is 8.56. The van der Waals surface area contributed by atoms with E-state index in [1.54, 1.807) is 0 Å². The van der Waals surface area contributed by atoms with E-state index in [4.69, 9.17) is 5.11 Å². The molecule has 5 heteroatoms. The number of nitrogens with one attached hydrogen (secondary N) is 1. The van der Waals surface area contributed by atoms with E-state index >= 15 is 0 Å². The Labute approximate surface area is 88.2 Å². The van der Waals surface area contributed by atoms with Crippen molar-refractivity contribution in [2.75, 3.05) is 0 Å². The number of fused-ring (bicyclic) bond motifs is 1. The van der Waals surface area contributed by atoms with E-state index in [1.807, 2.05) is 0 Å². The predicted molar refractivity (Wildman–Crippen MR) is 53.8 cm³/mol. The van der Waals surface area contributed by atoms with Gasteiger partial charge >= 0.3 is 5.97 Å². The molecule has 14 heavy (non-hydrogen) atoms. The highest BCUT2D eigenvalue weighted by Gasteiger charge is 2.15. The first-order valence-corrected chi connectivity index (χ1v) is 4.54. The summed E-state index contributed by atoms with van der Waals surface area (Å²) < 4.78 is 0. The molecule has 0 unspecified atom stereocenters. The lowest BCUT2D eigenvalue weighted by Gasteiger charge is -2.07. The minimum Gasteiger partial charge on any atom is -0.481 e. The number of halogens is 1. The number of aromatic nitrogens is 2. The second-order valence-corrected chi connectivity index (χ2v) is 3.39. The van der Waals surface area contributed by atoms with Crippen molar-refractivity contribution in [3.05, 3.63) is 17.2 Å². The summed E-state index contributed by atoms with van der Waals surface area (Å²) >= 11 is 0. The van der Waals surface area contributed by atoms with E-state index in [0.717, 1.165) is 24.2 Å². The number of carboxylic acid groups (broad SMARTS) is 1. The molecule has 0 amide bonds. The van der Waals surface area contributed by atoms with Gasteiger partial charge < -0.3 is 10.1 Å². The number of hydrogen-bond acceptors (Lipinski definition) is 2. The molecule has 1 aliphatic carbocycles. The van der Waals surface area contributed by atoms with Crippen LogP contribution in [-0.4, -0.2) is 21.0 Å². The molecule has 0 radical (unpaired) electrons. The monoisotopic (exact) mass is 216 g/mol. The quantitative estimate of drug-likeness (QED) is 0.784. The van der Waals surface area contributed by atoms with E-state index in [9.17, 15) is 4.79 Å². The lowest BCUT2D eigenvalue weighted by molar-refractivity contribution is -0.136. The maximum Gasteiger partial charge on any atom is 0.311 e. The van der Waals surface area contributed by atoms with E-state index in [0.29, 0.717) is 5.82 Å². The molecule has 4 nitrogen and oxygen atoms in total. The van der Waals surface area contributed by atoms with Gasteiger partial charge in [0.15, 0.2) is 0 Å². The first kappa shape index (κ1) is 11.0. The summed E-state index contributed by atoms with van der Waals surface area (Å²) in [6, 6.07) is 0. The van der Waals surface area contributed by atoms with Gasteiger partial charge in [0.1, 0.15) is 12.2 Å². The standard InChI is InChI=1S/C9H12N2O2.ClH/c12-9(13)5-8-10-6-3-1-2-4-7(6)11-8;/h1-5H2,(H,10,11)(H,12,13);1H. The molecule has 0 aliphatic heterocycles. The second kappa shape index (κ2) is 4.46. The van der Waals surface area contributed by atoms with Gasteiger partial charge in [-0.25, -0.2) is 4.98 Å². The van der Waals surface area contributed by atoms with Gasteiger partial charge in [-0.2, -0.15) is 0 Å². The Morgan fingerprint density at radius 2 is 2.14 bits per heavy atom. The molecule has 0 saturated heterocycles. The Morgan fingerprint density at radius 1 is 1.43 bits per heavy atom. The summed E-state index contributed by atoms with van der Waals surface area (Å²) in [5, 5.41) is 8.57. The average Bonchev–Trinajstić information content (AvgIpc) is 2.44. The Hall–Kier alpha value is -1.03. The highest BCUT2D eigenvalue weighted by atomic mass is 35.5. The van der Waals surface area contributed by atoms with Crippen LogP contribution in [-0.2, 0) is 24.1 Å². The van der Waals surface area contributed by atoms with Crippen LogP contribution in [0.5, 0.6) is 0 Å². The average molecular weight is 217 g/mol. The van der Waals surface area contributed by atoms with Crippen molar-refractivity contribution in [3.63, 3.8) is 0 Å². The normalized spacial score (nSPS) is 14.3. The Bertz CT molecular complexity index is 312. The first-order chi connectivity index (χ1) is 6.25. The molecule has 0 fully saturated rings. The lowest BCUT2D eigenvalue weighted by atomic mass is 10.0. The number of hydrogen-bond donors (Lipinski definition) is 2. The SMILES string of the molecule is Cl.O=C(O)Cc1nc2c([nH]1)CCCC2. The molecule has 1 aromatic heterocycles. The maximum absolute atomic E-state index is 10.4. The fraction of sp³-hybridized carbons (Fsp3) is 0.556. The van der Waals surface area contributed by atoms with Gasteiger partial charge in [-0.05, 0) is 25.7 Å². The zero-order chi connectivity index (χ0) is 9.26. The van der Waals surface area contributed by atoms with Gasteiger partial charge in [0.25, 0.3) is 0 Å². The molecular formula is C9H13ClN2O2. The molecule has 78 valence electrons. The Balaban J connectivity index is 0.000000980. The van der Waals surface area contributed by atoms with Gasteiger partial charge in [0.05, 0.1) is 5.69 Å². The van der Waals surface area contributed by atoms with Crippen molar-refractivity contribution in [2.45, 2.75) is 32.1 Å². The highest BCUT2D eigenvalue weighted by Crippen LogP contribution is 2.18. The topological polar surface area (TPSA) is 66.0 Å². The van der Waals surface area contributed by atoms with Gasteiger partial charge in [-0.15, -0.1) is 12.4 Å². The number of aliphatic carboxylic acids is 1. The zero-order valence-electron chi connectivity index (χ0n) is 7.75. The molecule has 0 saturated carbocycles. The van der Waals surface area contributed by atoms with Gasteiger partial charge in [-0.1, -0.05) is 0 Å². The second-order valence-electron chi connectivity index (χ2n) is 3.39. The molecule has 2 rings (SSSR count). The van der Waals surface area contributed by atoms with Crippen molar-refractivity contribution >= 4 is 18.4 Å². The van der Waals surface area contributed by atoms with Gasteiger partial charge in [0, 0.05) is 5.69 Å². The van der Waals surface area contributed by atoms with Crippen LogP contribution in [0.15, 0.2) is 0 Å². The lowest BCUT2D eigenvalue weighted by Crippen LogP contribution is -2.01. The van der Waals surface area contributed by atoms with Crippen LogP contribution in [0.3, 0.4) is 0 Å². The fourth-order valence-electron chi connectivity index (χ4n) is 1.74. The summed E-state index contributed by atoms with van der Waals surface area (Å²) in [4.78, 5) is 17.7. The number of carboxylic acids is 1. The Morgan fingerprint density at radius 3 is 2.79 bits per heavy atom. The highest BCUT2D eigenvalue weighted by molar-refractivity contribution is 5.85. The molecular weight excluding hydrogens is 204 g/mol. The number of aryl methyl sites for hydroxylation is 2. The molecule has 0 bridgehead atoms. The van der Waals surface area contributed by atoms with Gasteiger partial charge in [0.2, 0.25) is 0 Å². The third-order valence-electron chi connectivity index (χ3n) is 2.32. The van der Waals surface area contributed by atoms with Crippen molar-refractivity contribution in [1.29, 1.82) is 0 Å². The van der Waals surface area contributed by atoms with E-state index in [1.165, 1.54) is 12.8 Å². The number of rotatable bonds is 2. The maximum atomic E-state index is 10.4. The predicted octanol–water partition coefficient (Wildman–Crippen LogP) is 1.34. The van der Waals surface area contributed by atoms with Crippen LogP contribution in [0, 0.1) is 0 Å². The van der Waals surface area contributed by atoms with E-state index in [2.05, 4.69) is 9.97 Å². The fourth-order valence-corrected chi connectivity index (χ4v) is 1.74. The number of nitrogens with zero attached hydrogens (tertiary/aromatic N) is 1. The third-order valence-corrected chi connectivity index (χ3v) is 2.32. The molecule has 1 heterocycles. The molecule has 1 aliphatic rings. The van der Waals surface area contributed by atoms with E-state index < -0.39 is 5.97 Å². The first-order valence-electron chi connectivity index (χ1n) is 4.54. The van der Waals surface area contributed by atoms with Crippen molar-refractivity contribution in [3.8, 4) is 0 Å². The molecule has 1 aromatic rings. The third kappa shape index (κ3) is 2.26. The summed E-state index contributed by atoms with van der Waals surface area (Å²) in [6.07, 6.45) is 4.37.